The van der Waals surface area contributed by atoms with Crippen molar-refractivity contribution in [1.82, 2.24) is 15.3 Å². The molecule has 3 aromatic rings. The normalized spacial score (nSPS) is 17.9. The van der Waals surface area contributed by atoms with Crippen molar-refractivity contribution >= 4 is 34.2 Å². The van der Waals surface area contributed by atoms with Crippen LogP contribution in [0, 0.1) is 17.7 Å². The Morgan fingerprint density at radius 1 is 1.09 bits per heavy atom. The van der Waals surface area contributed by atoms with Gasteiger partial charge in [0, 0.05) is 37.5 Å². The average molecular weight is 497 g/mol. The molecule has 1 aliphatic rings. The molecule has 35 heavy (non-hydrogen) atoms. The lowest BCUT2D eigenvalue weighted by Gasteiger charge is -2.28. The maximum absolute atomic E-state index is 13.2. The first-order valence-electron chi connectivity index (χ1n) is 12.5. The van der Waals surface area contributed by atoms with Gasteiger partial charge in [0.1, 0.15) is 17.5 Å². The highest BCUT2D eigenvalue weighted by Crippen LogP contribution is 2.32. The Labute approximate surface area is 212 Å². The Bertz CT molecular complexity index is 1160. The highest BCUT2D eigenvalue weighted by molar-refractivity contribution is 6.31. The van der Waals surface area contributed by atoms with Gasteiger partial charge in [0.05, 0.1) is 11.9 Å². The number of halogens is 2. The minimum Gasteiger partial charge on any atom is -0.362 e. The third-order valence-corrected chi connectivity index (χ3v) is 7.34. The summed E-state index contributed by atoms with van der Waals surface area (Å²) >= 11 is 6.04. The first kappa shape index (κ1) is 25.4. The minimum atomic E-state index is -0.390. The van der Waals surface area contributed by atoms with Crippen LogP contribution in [-0.2, 0) is 17.6 Å². The van der Waals surface area contributed by atoms with E-state index in [9.17, 15) is 9.18 Å². The van der Waals surface area contributed by atoms with Crippen molar-refractivity contribution in [2.24, 2.45) is 11.8 Å². The van der Waals surface area contributed by atoms with Gasteiger partial charge in [0.2, 0.25) is 5.91 Å². The van der Waals surface area contributed by atoms with Crippen LogP contribution in [0.5, 0.6) is 0 Å². The van der Waals surface area contributed by atoms with E-state index < -0.39 is 0 Å². The number of nitrogens with one attached hydrogen (secondary N) is 1. The van der Waals surface area contributed by atoms with Crippen molar-refractivity contribution in [2.45, 2.75) is 51.4 Å². The number of carbonyl (C=O) groups excluding carboxylic acids is 1. The zero-order chi connectivity index (χ0) is 24.8. The fourth-order valence-corrected chi connectivity index (χ4v) is 5.23. The summed E-state index contributed by atoms with van der Waals surface area (Å²) in [6.45, 7) is 0.697. The van der Waals surface area contributed by atoms with E-state index in [4.69, 9.17) is 21.6 Å². The molecule has 1 amide bonds. The summed E-state index contributed by atoms with van der Waals surface area (Å²) in [5.74, 6) is 2.70. The van der Waals surface area contributed by atoms with Gasteiger partial charge < -0.3 is 10.2 Å². The molecule has 1 aliphatic carbocycles. The van der Waals surface area contributed by atoms with E-state index in [1.54, 1.807) is 6.07 Å². The fraction of sp³-hybridized carbons (Fsp3) is 0.464. The third-order valence-electron chi connectivity index (χ3n) is 6.99. The van der Waals surface area contributed by atoms with Crippen molar-refractivity contribution in [3.63, 3.8) is 0 Å². The molecule has 0 radical (unpaired) electrons. The Morgan fingerprint density at radius 3 is 2.57 bits per heavy atom. The second kappa shape index (κ2) is 11.8. The maximum Gasteiger partial charge on any atom is 0.224 e. The zero-order valence-corrected chi connectivity index (χ0v) is 21.3. The molecule has 1 saturated carbocycles. The van der Waals surface area contributed by atoms with Gasteiger partial charge in [-0.1, -0.05) is 49.1 Å². The van der Waals surface area contributed by atoms with Crippen molar-refractivity contribution in [1.29, 1.82) is 0 Å². The van der Waals surface area contributed by atoms with Crippen LogP contribution in [0.4, 0.5) is 10.2 Å². The summed E-state index contributed by atoms with van der Waals surface area (Å²) in [7, 11) is 4.05. The molecular weight excluding hydrogens is 463 g/mol. The van der Waals surface area contributed by atoms with E-state index in [1.165, 1.54) is 31.4 Å². The Balaban J connectivity index is 1.18. The van der Waals surface area contributed by atoms with Gasteiger partial charge in [-0.05, 0) is 60.9 Å². The summed E-state index contributed by atoms with van der Waals surface area (Å²) in [6.07, 6.45) is 8.04. The van der Waals surface area contributed by atoms with Gasteiger partial charge in [0.15, 0.2) is 0 Å². The highest BCUT2D eigenvalue weighted by Gasteiger charge is 2.22. The first-order chi connectivity index (χ1) is 16.9. The highest BCUT2D eigenvalue weighted by atomic mass is 35.5. The van der Waals surface area contributed by atoms with Crippen LogP contribution in [0.15, 0.2) is 42.5 Å². The number of aryl methyl sites for hydroxylation is 1. The van der Waals surface area contributed by atoms with Gasteiger partial charge in [-0.25, -0.2) is 14.4 Å². The van der Waals surface area contributed by atoms with E-state index >= 15 is 0 Å². The third kappa shape index (κ3) is 6.91. The number of rotatable bonds is 9. The molecule has 0 saturated heterocycles. The quantitative estimate of drug-likeness (QED) is 0.396. The van der Waals surface area contributed by atoms with Crippen molar-refractivity contribution in [3.8, 4) is 0 Å². The number of aromatic nitrogens is 2. The number of hydrogen-bond acceptors (Lipinski definition) is 4. The lowest BCUT2D eigenvalue weighted by atomic mass is 9.80. The van der Waals surface area contributed by atoms with Crippen LogP contribution >= 0.6 is 11.6 Å². The number of benzene rings is 2. The lowest BCUT2D eigenvalue weighted by molar-refractivity contribution is -0.120. The molecule has 0 aliphatic heterocycles. The molecule has 7 heteroatoms. The molecule has 5 nitrogen and oxygen atoms in total. The second-order valence-electron chi connectivity index (χ2n) is 9.87. The predicted octanol–water partition coefficient (Wildman–Crippen LogP) is 5.98. The smallest absolute Gasteiger partial charge is 0.224 e. The van der Waals surface area contributed by atoms with Crippen LogP contribution in [0.25, 0.3) is 10.9 Å². The zero-order valence-electron chi connectivity index (χ0n) is 20.6. The van der Waals surface area contributed by atoms with Crippen molar-refractivity contribution in [3.05, 3.63) is 64.7 Å². The summed E-state index contributed by atoms with van der Waals surface area (Å²) in [4.78, 5) is 24.0. The monoisotopic (exact) mass is 496 g/mol. The largest absolute Gasteiger partial charge is 0.362 e. The van der Waals surface area contributed by atoms with Crippen LogP contribution in [0.1, 0.15) is 49.9 Å². The van der Waals surface area contributed by atoms with Gasteiger partial charge >= 0.3 is 0 Å². The van der Waals surface area contributed by atoms with Crippen LogP contribution in [0.3, 0.4) is 0 Å². The van der Waals surface area contributed by atoms with E-state index in [1.807, 2.05) is 26.2 Å². The molecule has 0 unspecified atom stereocenters. The molecule has 0 atom stereocenters. The standard InChI is InChI=1S/C28H34ClFN4O/c1-34(2)28-23-7-3-4-8-25(23)32-26(33-28)9-5-6-19-10-12-20(13-11-19)18-31-27(35)16-21-14-15-22(30)17-24(21)29/h3-4,7-8,14-15,17,19-20H,5-6,9-13,16,18H2,1-2H3,(H,31,35). The Kier molecular flexibility index (Phi) is 8.55. The lowest BCUT2D eigenvalue weighted by Crippen LogP contribution is -2.32. The fourth-order valence-electron chi connectivity index (χ4n) is 4.99. The topological polar surface area (TPSA) is 58.1 Å². The Morgan fingerprint density at radius 2 is 1.83 bits per heavy atom. The number of amides is 1. The maximum atomic E-state index is 13.2. The molecule has 0 spiro atoms. The number of anilines is 1. The van der Waals surface area contributed by atoms with E-state index in [2.05, 4.69) is 22.3 Å². The molecule has 1 N–H and O–H groups in total. The predicted molar refractivity (Wildman–Crippen MR) is 140 cm³/mol. The second-order valence-corrected chi connectivity index (χ2v) is 10.3. The van der Waals surface area contributed by atoms with E-state index in [0.717, 1.165) is 54.1 Å². The van der Waals surface area contributed by atoms with Gasteiger partial charge in [-0.2, -0.15) is 0 Å². The molecule has 2 aromatic carbocycles. The van der Waals surface area contributed by atoms with Crippen LogP contribution in [-0.4, -0.2) is 36.5 Å². The summed E-state index contributed by atoms with van der Waals surface area (Å²) < 4.78 is 13.2. The number of para-hydroxylation sites is 1. The number of carbonyl (C=O) groups is 1. The van der Waals surface area contributed by atoms with Crippen molar-refractivity contribution in [2.75, 3.05) is 25.5 Å². The molecule has 186 valence electrons. The Hall–Kier alpha value is -2.73. The van der Waals surface area contributed by atoms with E-state index in [-0.39, 0.29) is 18.1 Å². The minimum absolute atomic E-state index is 0.0619. The number of hydrogen-bond donors (Lipinski definition) is 1. The summed E-state index contributed by atoms with van der Waals surface area (Å²) in [5.41, 5.74) is 1.66. The van der Waals surface area contributed by atoms with Gasteiger partial charge in [-0.15, -0.1) is 0 Å². The SMILES string of the molecule is CN(C)c1nc(CCCC2CCC(CNC(=O)Cc3ccc(F)cc3Cl)CC2)nc2ccccc12. The number of fused-ring (bicyclic) bond motifs is 1. The average Bonchev–Trinajstić information content (AvgIpc) is 2.84. The van der Waals surface area contributed by atoms with Crippen molar-refractivity contribution < 1.29 is 9.18 Å². The van der Waals surface area contributed by atoms with Gasteiger partial charge in [-0.3, -0.25) is 4.79 Å². The molecule has 1 heterocycles. The van der Waals surface area contributed by atoms with Crippen LogP contribution in [0.2, 0.25) is 5.02 Å². The van der Waals surface area contributed by atoms with E-state index in [0.29, 0.717) is 23.0 Å². The summed E-state index contributed by atoms with van der Waals surface area (Å²) in [6, 6.07) is 12.3. The molecule has 1 fully saturated rings. The van der Waals surface area contributed by atoms with Crippen LogP contribution < -0.4 is 10.2 Å². The molecule has 0 bridgehead atoms. The number of nitrogens with zero attached hydrogens (tertiary/aromatic N) is 3. The van der Waals surface area contributed by atoms with Gasteiger partial charge in [0.25, 0.3) is 0 Å². The molecular formula is C28H34ClFN4O. The first-order valence-corrected chi connectivity index (χ1v) is 12.9. The molecule has 1 aromatic heterocycles. The molecule has 4 rings (SSSR count). The summed E-state index contributed by atoms with van der Waals surface area (Å²) in [5, 5.41) is 4.43.